The molecule has 0 atom stereocenters. The standard InChI is InChI=1S/C5H9Si.4C3H9P.Rh/c1-5-6(2,3)4;4*1-4(2)3;/h2-4H3;4*1-3H3;/q-1;;;;;. The predicted molar refractivity (Wildman–Crippen MR) is 129 cm³/mol. The van der Waals surface area contributed by atoms with Crippen LogP contribution >= 0.6 is 31.7 Å². The maximum Gasteiger partial charge on any atom is 0.0806 e. The first-order chi connectivity index (χ1) is 9.49. The summed E-state index contributed by atoms with van der Waals surface area (Å²) in [6.45, 7) is 33.0. The molecule has 0 aromatic rings. The third kappa shape index (κ3) is 450. The van der Waals surface area contributed by atoms with E-state index in [1.807, 2.05) is 0 Å². The topological polar surface area (TPSA) is 0 Å². The van der Waals surface area contributed by atoms with Crippen molar-refractivity contribution in [2.45, 2.75) is 19.6 Å². The molecule has 0 aliphatic carbocycles. The molecule has 0 aromatic carbocycles. The Kier molecular flexibility index (Phi) is 50.2. The molecule has 0 N–H and O–H groups in total. The maximum absolute atomic E-state index is 6.67. The zero-order chi connectivity index (χ0) is 19.5. The normalized spacial score (nSPS) is 8.96. The fraction of sp³-hybridized carbons (Fsp3) is 0.882. The molecule has 0 nitrogen and oxygen atoms in total. The van der Waals surface area contributed by atoms with E-state index in [4.69, 9.17) is 6.42 Å². The minimum atomic E-state index is -1.21. The van der Waals surface area contributed by atoms with Crippen LogP contribution in [0.4, 0.5) is 0 Å². The summed E-state index contributed by atoms with van der Waals surface area (Å²) in [6, 6.07) is 0. The SMILES string of the molecule is CP(C)C.CP(C)C.CP(C)C.CP(C)C.[C-]#C[Si](C)(C)C.[Rh]. The summed E-state index contributed by atoms with van der Waals surface area (Å²) >= 11 is 0. The smallest absolute Gasteiger partial charge is 0.0806 e. The summed E-state index contributed by atoms with van der Waals surface area (Å²) in [5.74, 6) is 0. The zero-order valence-electron chi connectivity index (χ0n) is 18.6. The third-order valence-electron chi connectivity index (χ3n) is 0.375. The van der Waals surface area contributed by atoms with Crippen LogP contribution in [0.2, 0.25) is 19.6 Å². The van der Waals surface area contributed by atoms with Gasteiger partial charge in [0.15, 0.2) is 0 Å². The van der Waals surface area contributed by atoms with Gasteiger partial charge in [-0.25, -0.2) is 0 Å². The summed E-state index contributed by atoms with van der Waals surface area (Å²) in [7, 11) is 0.304. The first-order valence-electron chi connectivity index (χ1n) is 7.37. The molecule has 0 aliphatic heterocycles. The maximum atomic E-state index is 6.67. The van der Waals surface area contributed by atoms with Gasteiger partial charge in [-0.3, -0.25) is 0 Å². The largest absolute Gasteiger partial charge is 0.701 e. The predicted octanol–water partition coefficient (Wildman–Crippen LogP) is 6.88. The third-order valence-corrected chi connectivity index (χ3v) is 1.12. The van der Waals surface area contributed by atoms with Crippen molar-refractivity contribution in [2.24, 2.45) is 0 Å². The number of rotatable bonds is 0. The van der Waals surface area contributed by atoms with Crippen LogP contribution < -0.4 is 0 Å². The van der Waals surface area contributed by atoms with Crippen LogP contribution in [-0.2, 0) is 19.5 Å². The van der Waals surface area contributed by atoms with Crippen LogP contribution in [0.25, 0.3) is 0 Å². The van der Waals surface area contributed by atoms with Gasteiger partial charge < -0.3 is 12.0 Å². The van der Waals surface area contributed by atoms with Gasteiger partial charge in [-0.1, -0.05) is 19.6 Å². The van der Waals surface area contributed by atoms with Gasteiger partial charge in [0.05, 0.1) is 8.07 Å². The van der Waals surface area contributed by atoms with Crippen LogP contribution in [0.5, 0.6) is 0 Å². The van der Waals surface area contributed by atoms with E-state index < -0.39 is 8.07 Å². The van der Waals surface area contributed by atoms with Gasteiger partial charge in [0, 0.05) is 19.5 Å². The second-order valence-corrected chi connectivity index (χ2v) is 23.2. The fourth-order valence-electron chi connectivity index (χ4n) is 0. The van der Waals surface area contributed by atoms with Crippen LogP contribution in [0.3, 0.4) is 0 Å². The van der Waals surface area contributed by atoms with Gasteiger partial charge in [-0.15, -0.1) is 31.7 Å². The molecule has 0 saturated carbocycles. The second kappa shape index (κ2) is 28.9. The molecule has 0 unspecified atom stereocenters. The summed E-state index contributed by atoms with van der Waals surface area (Å²) in [4.78, 5) is 0. The van der Waals surface area contributed by atoms with Gasteiger partial charge >= 0.3 is 0 Å². The molecule has 0 aromatic heterocycles. The Hall–Kier alpha value is 2.12. The van der Waals surface area contributed by atoms with Crippen molar-refractivity contribution in [1.29, 1.82) is 0 Å². The Morgan fingerprint density at radius 3 is 0.565 bits per heavy atom. The van der Waals surface area contributed by atoms with Crippen molar-refractivity contribution in [2.75, 3.05) is 80.0 Å². The molecule has 0 bridgehead atoms. The molecule has 1 radical (unpaired) electrons. The van der Waals surface area contributed by atoms with E-state index in [2.05, 4.69) is 105 Å². The van der Waals surface area contributed by atoms with Crippen LogP contribution in [0.15, 0.2) is 0 Å². The Morgan fingerprint density at radius 2 is 0.565 bits per heavy atom. The Labute approximate surface area is 170 Å². The van der Waals surface area contributed by atoms with Gasteiger partial charge in [0.25, 0.3) is 0 Å². The monoisotopic (exact) mass is 504 g/mol. The van der Waals surface area contributed by atoms with Gasteiger partial charge in [0.1, 0.15) is 0 Å². The molecular formula is C17H45P4RhSi-. The molecule has 0 rings (SSSR count). The quantitative estimate of drug-likeness (QED) is 0.146. The van der Waals surface area contributed by atoms with Crippen LogP contribution in [0.1, 0.15) is 0 Å². The van der Waals surface area contributed by atoms with Gasteiger partial charge in [0.2, 0.25) is 0 Å². The van der Waals surface area contributed by atoms with Crippen molar-refractivity contribution in [3.05, 3.63) is 6.42 Å². The molecule has 0 spiro atoms. The van der Waals surface area contributed by atoms with Crippen LogP contribution in [0, 0.1) is 12.0 Å². The second-order valence-electron chi connectivity index (χ2n) is 7.74. The molecule has 0 saturated heterocycles. The average Bonchev–Trinajstić information content (AvgIpc) is 2.12. The minimum absolute atomic E-state index is 0. The fourth-order valence-corrected chi connectivity index (χ4v) is 0. The van der Waals surface area contributed by atoms with E-state index >= 15 is 0 Å². The number of hydrogen-bond donors (Lipinski definition) is 0. The van der Waals surface area contributed by atoms with Crippen molar-refractivity contribution in [3.63, 3.8) is 0 Å². The first-order valence-corrected chi connectivity index (χ1v) is 21.6. The summed E-state index contributed by atoms with van der Waals surface area (Å²) < 4.78 is 0. The minimum Gasteiger partial charge on any atom is -0.701 e. The van der Waals surface area contributed by atoms with E-state index in [0.717, 1.165) is 0 Å². The molecule has 23 heavy (non-hydrogen) atoms. The van der Waals surface area contributed by atoms with E-state index in [-0.39, 0.29) is 19.5 Å². The zero-order valence-corrected chi connectivity index (χ0v) is 24.8. The summed E-state index contributed by atoms with van der Waals surface area (Å²) in [6.07, 6.45) is 6.67. The molecule has 0 heterocycles. The molecule has 0 amide bonds. The summed E-state index contributed by atoms with van der Waals surface area (Å²) in [5.41, 5.74) is 2.49. The Morgan fingerprint density at radius 1 is 0.522 bits per heavy atom. The first kappa shape index (κ1) is 40.0. The van der Waals surface area contributed by atoms with E-state index in [0.29, 0.717) is 31.7 Å². The summed E-state index contributed by atoms with van der Waals surface area (Å²) in [5, 5.41) is 0. The van der Waals surface area contributed by atoms with Gasteiger partial charge in [-0.05, 0) is 80.0 Å². The Bertz CT molecular complexity index is 185. The number of hydrogen-bond acceptors (Lipinski definition) is 0. The van der Waals surface area contributed by atoms with Crippen molar-refractivity contribution >= 4 is 39.8 Å². The molecule has 0 aliphatic rings. The molecule has 0 fully saturated rings. The molecule has 147 valence electrons. The van der Waals surface area contributed by atoms with Gasteiger partial charge in [-0.2, -0.15) is 0 Å². The van der Waals surface area contributed by atoms with Crippen LogP contribution in [-0.4, -0.2) is 88.1 Å². The Balaban J connectivity index is -0.0000000393. The average molecular weight is 504 g/mol. The van der Waals surface area contributed by atoms with E-state index in [9.17, 15) is 0 Å². The molecule has 6 heteroatoms. The van der Waals surface area contributed by atoms with Crippen molar-refractivity contribution in [3.8, 4) is 5.54 Å². The van der Waals surface area contributed by atoms with E-state index in [1.54, 1.807) is 0 Å². The van der Waals surface area contributed by atoms with Crippen molar-refractivity contribution in [1.82, 2.24) is 0 Å². The molecular weight excluding hydrogens is 459 g/mol. The van der Waals surface area contributed by atoms with Crippen molar-refractivity contribution < 1.29 is 19.5 Å². The van der Waals surface area contributed by atoms with E-state index in [1.165, 1.54) is 0 Å².